The molecule has 1 rings (SSSR count). The topological polar surface area (TPSA) is 26.3 Å². The van der Waals surface area contributed by atoms with E-state index in [-0.39, 0.29) is 5.97 Å². The van der Waals surface area contributed by atoms with E-state index in [0.717, 1.165) is 37.2 Å². The molecule has 0 bridgehead atoms. The van der Waals surface area contributed by atoms with Crippen molar-refractivity contribution < 1.29 is 9.53 Å². The van der Waals surface area contributed by atoms with E-state index in [4.69, 9.17) is 4.74 Å². The molecule has 2 heteroatoms. The van der Waals surface area contributed by atoms with E-state index < -0.39 is 0 Å². The largest absolute Gasteiger partial charge is 0.455 e. The predicted octanol–water partition coefficient (Wildman–Crippen LogP) is 4.10. The Bertz CT molecular complexity index is 205. The highest BCUT2D eigenvalue weighted by molar-refractivity contribution is 5.70. The van der Waals surface area contributed by atoms with E-state index in [1.54, 1.807) is 0 Å². The van der Waals surface area contributed by atoms with Crippen molar-refractivity contribution >= 4 is 5.97 Å². The van der Waals surface area contributed by atoms with E-state index in [9.17, 15) is 4.79 Å². The van der Waals surface area contributed by atoms with Gasteiger partial charge in [-0.05, 0) is 43.9 Å². The van der Waals surface area contributed by atoms with Crippen molar-refractivity contribution in [2.24, 2.45) is 11.8 Å². The summed E-state index contributed by atoms with van der Waals surface area (Å²) in [5.74, 6) is 1.60. The van der Waals surface area contributed by atoms with Crippen molar-refractivity contribution in [1.29, 1.82) is 0 Å². The van der Waals surface area contributed by atoms with Crippen LogP contribution in [0.1, 0.15) is 65.7 Å². The molecule has 1 radical (unpaired) electrons. The fraction of sp³-hybridized carbons (Fsp3) is 0.857. The second-order valence-electron chi connectivity index (χ2n) is 4.99. The number of carbonyl (C=O) groups excluding carboxylic acids is 1. The van der Waals surface area contributed by atoms with Crippen LogP contribution in [0.2, 0.25) is 0 Å². The van der Waals surface area contributed by atoms with E-state index in [2.05, 4.69) is 13.8 Å². The molecule has 0 aromatic carbocycles. The molecule has 0 amide bonds. The molecular weight excluding hydrogens is 200 g/mol. The summed E-state index contributed by atoms with van der Waals surface area (Å²) in [6, 6.07) is 0. The molecule has 93 valence electrons. The van der Waals surface area contributed by atoms with Crippen LogP contribution in [0.15, 0.2) is 0 Å². The quantitative estimate of drug-likeness (QED) is 0.658. The Morgan fingerprint density at radius 2 is 2.00 bits per heavy atom. The molecule has 1 aliphatic rings. The molecule has 0 spiro atoms. The molecule has 0 aromatic heterocycles. The Balaban J connectivity index is 2.24. The lowest BCUT2D eigenvalue weighted by atomic mass is 9.79. The lowest BCUT2D eigenvalue weighted by molar-refractivity contribution is -0.144. The van der Waals surface area contributed by atoms with Crippen LogP contribution in [-0.4, -0.2) is 5.97 Å². The third kappa shape index (κ3) is 4.15. The molecule has 1 saturated carbocycles. The normalized spacial score (nSPS) is 20.7. The van der Waals surface area contributed by atoms with Crippen molar-refractivity contribution in [3.63, 3.8) is 0 Å². The molecule has 1 aliphatic carbocycles. The fourth-order valence-electron chi connectivity index (χ4n) is 2.38. The first-order valence-electron chi connectivity index (χ1n) is 6.72. The van der Waals surface area contributed by atoms with Gasteiger partial charge in [-0.2, -0.15) is 0 Å². The van der Waals surface area contributed by atoms with Gasteiger partial charge in [-0.15, -0.1) is 0 Å². The number of carbonyl (C=O) groups is 1. The summed E-state index contributed by atoms with van der Waals surface area (Å²) in [5, 5.41) is 0. The van der Waals surface area contributed by atoms with Gasteiger partial charge >= 0.3 is 5.97 Å². The maximum atomic E-state index is 11.3. The summed E-state index contributed by atoms with van der Waals surface area (Å²) in [6.07, 6.45) is 8.09. The molecule has 0 N–H and O–H groups in total. The van der Waals surface area contributed by atoms with Crippen LogP contribution in [-0.2, 0) is 9.53 Å². The number of esters is 1. The molecule has 1 fully saturated rings. The van der Waals surface area contributed by atoms with E-state index in [1.807, 2.05) is 6.92 Å². The molecule has 1 atom stereocenters. The van der Waals surface area contributed by atoms with Crippen LogP contribution in [0.5, 0.6) is 0 Å². The zero-order valence-corrected chi connectivity index (χ0v) is 10.9. The summed E-state index contributed by atoms with van der Waals surface area (Å²) in [7, 11) is 0. The van der Waals surface area contributed by atoms with Gasteiger partial charge in [-0.3, -0.25) is 4.79 Å². The van der Waals surface area contributed by atoms with Gasteiger partial charge < -0.3 is 4.74 Å². The Morgan fingerprint density at radius 1 is 1.38 bits per heavy atom. The van der Waals surface area contributed by atoms with Crippen molar-refractivity contribution in [3.8, 4) is 0 Å². The zero-order chi connectivity index (χ0) is 12.0. The number of rotatable bonds is 5. The molecule has 0 saturated heterocycles. The van der Waals surface area contributed by atoms with Crippen molar-refractivity contribution in [1.82, 2.24) is 0 Å². The lowest BCUT2D eigenvalue weighted by Gasteiger charge is -2.30. The minimum Gasteiger partial charge on any atom is -0.455 e. The average Bonchev–Trinajstić information content (AvgIpc) is 2.29. The average molecular weight is 225 g/mol. The van der Waals surface area contributed by atoms with Crippen LogP contribution >= 0.6 is 0 Å². The summed E-state index contributed by atoms with van der Waals surface area (Å²) >= 11 is 0. The standard InChI is InChI=1S/C14H25O2/c1-4-6-14(15)16-13-9-7-12(8-10-13)11(3)5-2/h11-12H,4-10H2,1-3H3. The number of ether oxygens (including phenoxy) is 1. The second kappa shape index (κ2) is 6.93. The monoisotopic (exact) mass is 225 g/mol. The fourth-order valence-corrected chi connectivity index (χ4v) is 2.38. The Morgan fingerprint density at radius 3 is 2.50 bits per heavy atom. The van der Waals surface area contributed by atoms with E-state index in [0.29, 0.717) is 6.42 Å². The van der Waals surface area contributed by atoms with Crippen LogP contribution in [0.3, 0.4) is 0 Å². The molecule has 2 nitrogen and oxygen atoms in total. The molecule has 0 heterocycles. The number of hydrogen-bond acceptors (Lipinski definition) is 2. The van der Waals surface area contributed by atoms with Crippen molar-refractivity contribution in [2.45, 2.75) is 65.7 Å². The van der Waals surface area contributed by atoms with Crippen LogP contribution < -0.4 is 0 Å². The maximum Gasteiger partial charge on any atom is 0.306 e. The third-order valence-corrected chi connectivity index (χ3v) is 3.75. The van der Waals surface area contributed by atoms with Gasteiger partial charge in [-0.25, -0.2) is 0 Å². The van der Waals surface area contributed by atoms with Gasteiger partial charge in [0.1, 0.15) is 0 Å². The SMILES string of the molecule is CCCC(=O)O[C]1CCC(C(C)CC)CC1. The number of hydrogen-bond donors (Lipinski definition) is 0. The highest BCUT2D eigenvalue weighted by atomic mass is 16.5. The van der Waals surface area contributed by atoms with Crippen LogP contribution in [0.4, 0.5) is 0 Å². The van der Waals surface area contributed by atoms with Gasteiger partial charge in [-0.1, -0.05) is 27.2 Å². The van der Waals surface area contributed by atoms with Gasteiger partial charge in [0, 0.05) is 6.42 Å². The maximum absolute atomic E-state index is 11.3. The highest BCUT2D eigenvalue weighted by Gasteiger charge is 2.27. The molecule has 0 aromatic rings. The first-order chi connectivity index (χ1) is 7.67. The Kier molecular flexibility index (Phi) is 5.86. The van der Waals surface area contributed by atoms with Crippen LogP contribution in [0.25, 0.3) is 0 Å². The Hall–Kier alpha value is -0.530. The van der Waals surface area contributed by atoms with Crippen molar-refractivity contribution in [2.75, 3.05) is 0 Å². The van der Waals surface area contributed by atoms with Gasteiger partial charge in [0.25, 0.3) is 0 Å². The first kappa shape index (κ1) is 13.5. The van der Waals surface area contributed by atoms with Gasteiger partial charge in [0.15, 0.2) is 6.10 Å². The smallest absolute Gasteiger partial charge is 0.306 e. The second-order valence-corrected chi connectivity index (χ2v) is 4.99. The van der Waals surface area contributed by atoms with Gasteiger partial charge in [0.05, 0.1) is 0 Å². The highest BCUT2D eigenvalue weighted by Crippen LogP contribution is 2.36. The van der Waals surface area contributed by atoms with Crippen molar-refractivity contribution in [3.05, 3.63) is 6.10 Å². The lowest BCUT2D eigenvalue weighted by Crippen LogP contribution is -2.21. The summed E-state index contributed by atoms with van der Waals surface area (Å²) in [6.45, 7) is 6.59. The first-order valence-corrected chi connectivity index (χ1v) is 6.72. The van der Waals surface area contributed by atoms with Gasteiger partial charge in [0.2, 0.25) is 0 Å². The predicted molar refractivity (Wildman–Crippen MR) is 65.7 cm³/mol. The molecule has 16 heavy (non-hydrogen) atoms. The Labute approximate surface area is 99.8 Å². The zero-order valence-electron chi connectivity index (χ0n) is 10.9. The van der Waals surface area contributed by atoms with Crippen LogP contribution in [0, 0.1) is 17.9 Å². The minimum atomic E-state index is -0.0421. The molecule has 0 aliphatic heterocycles. The summed E-state index contributed by atoms with van der Waals surface area (Å²) in [5.41, 5.74) is 0. The summed E-state index contributed by atoms with van der Waals surface area (Å²) < 4.78 is 5.37. The third-order valence-electron chi connectivity index (χ3n) is 3.75. The molecular formula is C14H25O2. The molecule has 1 unspecified atom stereocenters. The minimum absolute atomic E-state index is 0.0421. The summed E-state index contributed by atoms with van der Waals surface area (Å²) in [4.78, 5) is 11.3. The van der Waals surface area contributed by atoms with E-state index in [1.165, 1.54) is 19.3 Å². The van der Waals surface area contributed by atoms with E-state index >= 15 is 0 Å².